The van der Waals surface area contributed by atoms with Gasteiger partial charge in [-0.25, -0.2) is 0 Å². The van der Waals surface area contributed by atoms with E-state index in [4.69, 9.17) is 4.74 Å². The van der Waals surface area contributed by atoms with Crippen LogP contribution in [0.15, 0.2) is 0 Å². The van der Waals surface area contributed by atoms with Crippen LogP contribution in [0.5, 0.6) is 0 Å². The van der Waals surface area contributed by atoms with Crippen LogP contribution in [-0.2, 0) is 14.3 Å². The summed E-state index contributed by atoms with van der Waals surface area (Å²) < 4.78 is 5.53. The van der Waals surface area contributed by atoms with Crippen LogP contribution in [0.3, 0.4) is 0 Å². The third-order valence-electron chi connectivity index (χ3n) is 3.12. The molecular weight excluding hydrogens is 258 g/mol. The van der Waals surface area contributed by atoms with Crippen molar-refractivity contribution >= 4 is 11.8 Å². The van der Waals surface area contributed by atoms with Crippen LogP contribution in [0, 0.1) is 5.92 Å². The first-order valence-electron chi connectivity index (χ1n) is 7.43. The van der Waals surface area contributed by atoms with Crippen molar-refractivity contribution in [1.82, 2.24) is 16.0 Å². The standard InChI is InChI=1S/C14H27N3O3/c1-11(2)9-17-13(18)5-8-16-14(19)10-20-12-3-6-15-7-4-12/h11-12,15H,3-10H2,1-2H3,(H,16,19)(H,17,18). The summed E-state index contributed by atoms with van der Waals surface area (Å²) in [5.41, 5.74) is 0. The van der Waals surface area contributed by atoms with Gasteiger partial charge in [0.1, 0.15) is 6.61 Å². The number of carbonyl (C=O) groups excluding carboxylic acids is 2. The lowest BCUT2D eigenvalue weighted by atomic mass is 10.1. The Hall–Kier alpha value is -1.14. The van der Waals surface area contributed by atoms with Crippen LogP contribution in [0.2, 0.25) is 0 Å². The number of carbonyl (C=O) groups is 2. The van der Waals surface area contributed by atoms with Gasteiger partial charge in [-0.1, -0.05) is 13.8 Å². The zero-order chi connectivity index (χ0) is 14.8. The third kappa shape index (κ3) is 8.12. The fourth-order valence-corrected chi connectivity index (χ4v) is 1.93. The van der Waals surface area contributed by atoms with Crippen molar-refractivity contribution in [3.63, 3.8) is 0 Å². The van der Waals surface area contributed by atoms with Crippen molar-refractivity contribution in [2.45, 2.75) is 39.2 Å². The van der Waals surface area contributed by atoms with E-state index in [1.807, 2.05) is 13.8 Å². The number of piperidine rings is 1. The van der Waals surface area contributed by atoms with Gasteiger partial charge in [0.2, 0.25) is 11.8 Å². The fraction of sp³-hybridized carbons (Fsp3) is 0.857. The van der Waals surface area contributed by atoms with E-state index >= 15 is 0 Å². The largest absolute Gasteiger partial charge is 0.368 e. The van der Waals surface area contributed by atoms with Gasteiger partial charge in [-0.05, 0) is 31.8 Å². The Morgan fingerprint density at radius 1 is 1.20 bits per heavy atom. The Kier molecular flexibility index (Phi) is 8.22. The second-order valence-corrected chi connectivity index (χ2v) is 5.56. The summed E-state index contributed by atoms with van der Waals surface area (Å²) in [6, 6.07) is 0. The highest BCUT2D eigenvalue weighted by atomic mass is 16.5. The summed E-state index contributed by atoms with van der Waals surface area (Å²) in [5.74, 6) is 0.255. The number of hydrogen-bond donors (Lipinski definition) is 3. The van der Waals surface area contributed by atoms with Crippen LogP contribution in [0.4, 0.5) is 0 Å². The second-order valence-electron chi connectivity index (χ2n) is 5.56. The Morgan fingerprint density at radius 3 is 2.55 bits per heavy atom. The van der Waals surface area contributed by atoms with Crippen LogP contribution < -0.4 is 16.0 Å². The summed E-state index contributed by atoms with van der Waals surface area (Å²) in [6.45, 7) is 7.09. The number of hydrogen-bond acceptors (Lipinski definition) is 4. The highest BCUT2D eigenvalue weighted by Gasteiger charge is 2.14. The van der Waals surface area contributed by atoms with E-state index in [1.54, 1.807) is 0 Å². The number of rotatable bonds is 8. The normalized spacial score (nSPS) is 16.1. The van der Waals surface area contributed by atoms with Crippen LogP contribution in [0.1, 0.15) is 33.1 Å². The van der Waals surface area contributed by atoms with Crippen molar-refractivity contribution < 1.29 is 14.3 Å². The molecule has 0 bridgehead atoms. The minimum Gasteiger partial charge on any atom is -0.368 e. The van der Waals surface area contributed by atoms with Gasteiger partial charge >= 0.3 is 0 Å². The van der Waals surface area contributed by atoms with Crippen molar-refractivity contribution in [2.24, 2.45) is 5.92 Å². The lowest BCUT2D eigenvalue weighted by Gasteiger charge is -2.22. The van der Waals surface area contributed by atoms with Gasteiger partial charge in [0.15, 0.2) is 0 Å². The molecule has 0 atom stereocenters. The zero-order valence-corrected chi connectivity index (χ0v) is 12.5. The molecule has 20 heavy (non-hydrogen) atoms. The number of ether oxygens (including phenoxy) is 1. The average molecular weight is 285 g/mol. The summed E-state index contributed by atoms with van der Waals surface area (Å²) in [7, 11) is 0. The monoisotopic (exact) mass is 285 g/mol. The first-order valence-corrected chi connectivity index (χ1v) is 7.43. The molecule has 0 aromatic heterocycles. The maximum absolute atomic E-state index is 11.5. The van der Waals surface area contributed by atoms with E-state index in [2.05, 4.69) is 16.0 Å². The minimum absolute atomic E-state index is 0.0294. The van der Waals surface area contributed by atoms with Crippen LogP contribution in [0.25, 0.3) is 0 Å². The number of nitrogens with one attached hydrogen (secondary N) is 3. The molecule has 6 heteroatoms. The molecule has 0 spiro atoms. The van der Waals surface area contributed by atoms with Crippen molar-refractivity contribution in [2.75, 3.05) is 32.8 Å². The van der Waals surface area contributed by atoms with E-state index in [0.717, 1.165) is 25.9 Å². The molecule has 0 unspecified atom stereocenters. The Labute approximate surface area is 121 Å². The minimum atomic E-state index is -0.153. The predicted molar refractivity (Wildman–Crippen MR) is 77.3 cm³/mol. The molecule has 1 aliphatic heterocycles. The van der Waals surface area contributed by atoms with Gasteiger partial charge < -0.3 is 20.7 Å². The number of amides is 2. The summed E-state index contributed by atoms with van der Waals surface area (Å²) in [6.07, 6.45) is 2.39. The molecule has 1 fully saturated rings. The highest BCUT2D eigenvalue weighted by molar-refractivity contribution is 5.79. The Bertz CT molecular complexity index is 302. The Balaban J connectivity index is 2.00. The lowest BCUT2D eigenvalue weighted by Crippen LogP contribution is -2.37. The zero-order valence-electron chi connectivity index (χ0n) is 12.5. The van der Waals surface area contributed by atoms with E-state index in [1.165, 1.54) is 0 Å². The maximum atomic E-state index is 11.5. The molecule has 0 aromatic carbocycles. The van der Waals surface area contributed by atoms with Gasteiger partial charge in [0, 0.05) is 19.5 Å². The third-order valence-corrected chi connectivity index (χ3v) is 3.12. The smallest absolute Gasteiger partial charge is 0.246 e. The van der Waals surface area contributed by atoms with Crippen molar-refractivity contribution in [3.05, 3.63) is 0 Å². The molecule has 0 saturated carbocycles. The second kappa shape index (κ2) is 9.72. The van der Waals surface area contributed by atoms with E-state index in [-0.39, 0.29) is 24.5 Å². The topological polar surface area (TPSA) is 79.5 Å². The molecule has 0 radical (unpaired) electrons. The summed E-state index contributed by atoms with van der Waals surface area (Å²) in [5, 5.41) is 8.76. The average Bonchev–Trinajstić information content (AvgIpc) is 2.44. The van der Waals surface area contributed by atoms with E-state index in [9.17, 15) is 9.59 Å². The van der Waals surface area contributed by atoms with Gasteiger partial charge in [0.05, 0.1) is 6.10 Å². The van der Waals surface area contributed by atoms with Crippen molar-refractivity contribution in [3.8, 4) is 0 Å². The fourth-order valence-electron chi connectivity index (χ4n) is 1.93. The molecule has 1 aliphatic rings. The molecule has 2 amide bonds. The van der Waals surface area contributed by atoms with Gasteiger partial charge in [0.25, 0.3) is 0 Å². The highest BCUT2D eigenvalue weighted by Crippen LogP contribution is 2.06. The maximum Gasteiger partial charge on any atom is 0.246 e. The van der Waals surface area contributed by atoms with Gasteiger partial charge in [-0.15, -0.1) is 0 Å². The summed E-state index contributed by atoms with van der Waals surface area (Å²) >= 11 is 0. The predicted octanol–water partition coefficient (Wildman–Crippen LogP) is 0.0335. The quantitative estimate of drug-likeness (QED) is 0.588. The van der Waals surface area contributed by atoms with Gasteiger partial charge in [-0.3, -0.25) is 9.59 Å². The van der Waals surface area contributed by atoms with Gasteiger partial charge in [-0.2, -0.15) is 0 Å². The van der Waals surface area contributed by atoms with Crippen molar-refractivity contribution in [1.29, 1.82) is 0 Å². The van der Waals surface area contributed by atoms with Crippen LogP contribution >= 0.6 is 0 Å². The molecule has 0 aliphatic carbocycles. The van der Waals surface area contributed by atoms with Crippen LogP contribution in [-0.4, -0.2) is 50.7 Å². The molecule has 6 nitrogen and oxygen atoms in total. The molecule has 1 rings (SSSR count). The van der Waals surface area contributed by atoms with E-state index in [0.29, 0.717) is 25.4 Å². The molecule has 0 aromatic rings. The Morgan fingerprint density at radius 2 is 1.90 bits per heavy atom. The molecular formula is C14H27N3O3. The SMILES string of the molecule is CC(C)CNC(=O)CCNC(=O)COC1CCNCC1. The molecule has 1 saturated heterocycles. The molecule has 1 heterocycles. The first kappa shape index (κ1) is 16.9. The summed E-state index contributed by atoms with van der Waals surface area (Å²) in [4.78, 5) is 23.0. The first-order chi connectivity index (χ1) is 9.58. The van der Waals surface area contributed by atoms with E-state index < -0.39 is 0 Å². The molecule has 3 N–H and O–H groups in total. The molecule has 116 valence electrons. The lowest BCUT2D eigenvalue weighted by molar-refractivity contribution is -0.128.